The van der Waals surface area contributed by atoms with E-state index in [0.717, 1.165) is 10.7 Å². The van der Waals surface area contributed by atoms with E-state index in [2.05, 4.69) is 10.1 Å². The summed E-state index contributed by atoms with van der Waals surface area (Å²) in [6.45, 7) is 2.17. The number of nitrogens with two attached hydrogens (primary N) is 1. The minimum Gasteiger partial charge on any atom is -0.409 e. The number of carbonyl (C=O) groups is 1. The number of nitrogens with zero attached hydrogens (tertiary/aromatic N) is 3. The molecule has 2 aromatic rings. The van der Waals surface area contributed by atoms with Crippen LogP contribution in [0.3, 0.4) is 0 Å². The average molecular weight is 304 g/mol. The minimum atomic E-state index is -0.198. The van der Waals surface area contributed by atoms with Gasteiger partial charge in [0.05, 0.1) is 5.01 Å². The lowest BCUT2D eigenvalue weighted by molar-refractivity contribution is 0.0983. The summed E-state index contributed by atoms with van der Waals surface area (Å²) in [5, 5.41) is 14.1. The quantitative estimate of drug-likeness (QED) is 0.383. The number of aromatic nitrogens is 1. The maximum Gasteiger partial charge on any atom is 0.277 e. The number of para-hydroxylation sites is 1. The van der Waals surface area contributed by atoms with Crippen LogP contribution in [-0.2, 0) is 0 Å². The first-order valence-electron chi connectivity index (χ1n) is 6.37. The molecule has 0 unspecified atom stereocenters. The molecule has 1 aromatic carbocycles. The number of hydrogen-bond acceptors (Lipinski definition) is 5. The van der Waals surface area contributed by atoms with Crippen LogP contribution in [0, 0.1) is 6.92 Å². The Hall–Kier alpha value is -2.41. The first-order chi connectivity index (χ1) is 10.1. The molecule has 2 rings (SSSR count). The standard InChI is InChI=1S/C14H16N4O2S/c1-10-16-12(9-21-10)14(19)18(8-7-13(15)17-20)11-5-3-2-4-6-11/h2-6,9,20H,7-8H2,1H3,(H2,15,17). The van der Waals surface area contributed by atoms with Gasteiger partial charge in [0.1, 0.15) is 11.5 Å². The van der Waals surface area contributed by atoms with Crippen molar-refractivity contribution in [1.29, 1.82) is 0 Å². The largest absolute Gasteiger partial charge is 0.409 e. The number of amides is 1. The average Bonchev–Trinajstić information content (AvgIpc) is 2.94. The Bertz CT molecular complexity index is 639. The van der Waals surface area contributed by atoms with E-state index < -0.39 is 0 Å². The van der Waals surface area contributed by atoms with Crippen LogP contribution in [0.4, 0.5) is 5.69 Å². The number of thiazole rings is 1. The molecule has 1 aromatic heterocycles. The van der Waals surface area contributed by atoms with Gasteiger partial charge in [-0.3, -0.25) is 4.79 Å². The molecule has 0 saturated heterocycles. The van der Waals surface area contributed by atoms with Crippen LogP contribution >= 0.6 is 11.3 Å². The second-order valence-electron chi connectivity index (χ2n) is 4.39. The Morgan fingerprint density at radius 1 is 1.43 bits per heavy atom. The SMILES string of the molecule is Cc1nc(C(=O)N(CCC(N)=NO)c2ccccc2)cs1. The third kappa shape index (κ3) is 3.79. The molecule has 1 heterocycles. The van der Waals surface area contributed by atoms with Crippen molar-refractivity contribution in [2.75, 3.05) is 11.4 Å². The van der Waals surface area contributed by atoms with Crippen molar-refractivity contribution in [1.82, 2.24) is 4.98 Å². The number of rotatable bonds is 5. The molecular formula is C14H16N4O2S. The molecule has 0 bridgehead atoms. The van der Waals surface area contributed by atoms with Crippen LogP contribution in [0.1, 0.15) is 21.9 Å². The maximum atomic E-state index is 12.6. The lowest BCUT2D eigenvalue weighted by Gasteiger charge is -2.21. The molecule has 0 atom stereocenters. The molecular weight excluding hydrogens is 288 g/mol. The molecule has 0 saturated carbocycles. The Kier molecular flexibility index (Phi) is 4.89. The van der Waals surface area contributed by atoms with Crippen molar-refractivity contribution in [3.05, 3.63) is 46.4 Å². The summed E-state index contributed by atoms with van der Waals surface area (Å²) in [7, 11) is 0. The van der Waals surface area contributed by atoms with Gasteiger partial charge in [-0.2, -0.15) is 0 Å². The molecule has 21 heavy (non-hydrogen) atoms. The highest BCUT2D eigenvalue weighted by Gasteiger charge is 2.20. The summed E-state index contributed by atoms with van der Waals surface area (Å²) >= 11 is 1.43. The fraction of sp³-hybridized carbons (Fsp3) is 0.214. The smallest absolute Gasteiger partial charge is 0.277 e. The zero-order valence-corrected chi connectivity index (χ0v) is 12.4. The molecule has 3 N–H and O–H groups in total. The van der Waals surface area contributed by atoms with Gasteiger partial charge in [0.25, 0.3) is 5.91 Å². The first-order valence-corrected chi connectivity index (χ1v) is 7.25. The van der Waals surface area contributed by atoms with Gasteiger partial charge in [-0.1, -0.05) is 23.4 Å². The number of oxime groups is 1. The third-order valence-corrected chi connectivity index (χ3v) is 3.64. The summed E-state index contributed by atoms with van der Waals surface area (Å²) in [6.07, 6.45) is 0.278. The number of hydrogen-bond donors (Lipinski definition) is 2. The third-order valence-electron chi connectivity index (χ3n) is 2.87. The van der Waals surface area contributed by atoms with Gasteiger partial charge in [-0.15, -0.1) is 11.3 Å². The number of aryl methyl sites for hydroxylation is 1. The monoisotopic (exact) mass is 304 g/mol. The zero-order valence-electron chi connectivity index (χ0n) is 11.6. The lowest BCUT2D eigenvalue weighted by Crippen LogP contribution is -2.34. The van der Waals surface area contributed by atoms with Gasteiger partial charge in [0.2, 0.25) is 0 Å². The van der Waals surface area contributed by atoms with Crippen molar-refractivity contribution < 1.29 is 10.0 Å². The summed E-state index contributed by atoms with van der Waals surface area (Å²) in [5.74, 6) is -0.116. The first kappa shape index (κ1) is 15.0. The van der Waals surface area contributed by atoms with Gasteiger partial charge in [-0.05, 0) is 19.1 Å². The van der Waals surface area contributed by atoms with E-state index in [-0.39, 0.29) is 18.2 Å². The van der Waals surface area contributed by atoms with E-state index in [4.69, 9.17) is 10.9 Å². The van der Waals surface area contributed by atoms with Crippen LogP contribution in [0.25, 0.3) is 0 Å². The number of anilines is 1. The predicted octanol–water partition coefficient (Wildman–Crippen LogP) is 2.23. The molecule has 110 valence electrons. The number of benzene rings is 1. The van der Waals surface area contributed by atoms with Gasteiger partial charge < -0.3 is 15.8 Å². The molecule has 0 aliphatic rings. The minimum absolute atomic E-state index is 0.0817. The van der Waals surface area contributed by atoms with Gasteiger partial charge in [0.15, 0.2) is 0 Å². The molecule has 0 fully saturated rings. The Balaban J connectivity index is 2.25. The van der Waals surface area contributed by atoms with Crippen LogP contribution < -0.4 is 10.6 Å². The van der Waals surface area contributed by atoms with E-state index in [1.54, 1.807) is 10.3 Å². The van der Waals surface area contributed by atoms with E-state index in [1.165, 1.54) is 11.3 Å². The van der Waals surface area contributed by atoms with Gasteiger partial charge >= 0.3 is 0 Å². The number of amidine groups is 1. The second kappa shape index (κ2) is 6.85. The second-order valence-corrected chi connectivity index (χ2v) is 5.45. The molecule has 0 radical (unpaired) electrons. The fourth-order valence-electron chi connectivity index (χ4n) is 1.83. The summed E-state index contributed by atoms with van der Waals surface area (Å²) in [6, 6.07) is 9.26. The van der Waals surface area contributed by atoms with Crippen LogP contribution in [0.5, 0.6) is 0 Å². The topological polar surface area (TPSA) is 91.8 Å². The summed E-state index contributed by atoms with van der Waals surface area (Å²) in [4.78, 5) is 18.4. The van der Waals surface area contributed by atoms with Crippen molar-refractivity contribution in [3.8, 4) is 0 Å². The molecule has 0 aliphatic carbocycles. The molecule has 6 nitrogen and oxygen atoms in total. The highest BCUT2D eigenvalue weighted by molar-refractivity contribution is 7.09. The van der Waals surface area contributed by atoms with Crippen molar-refractivity contribution in [2.24, 2.45) is 10.9 Å². The lowest BCUT2D eigenvalue weighted by atomic mass is 10.2. The zero-order chi connectivity index (χ0) is 15.2. The van der Waals surface area contributed by atoms with Crippen LogP contribution in [0.2, 0.25) is 0 Å². The number of carbonyl (C=O) groups excluding carboxylic acids is 1. The fourth-order valence-corrected chi connectivity index (χ4v) is 2.42. The molecule has 0 aliphatic heterocycles. The van der Waals surface area contributed by atoms with E-state index in [1.807, 2.05) is 37.3 Å². The Morgan fingerprint density at radius 3 is 2.71 bits per heavy atom. The van der Waals surface area contributed by atoms with Gasteiger partial charge in [-0.25, -0.2) is 4.98 Å². The van der Waals surface area contributed by atoms with Crippen molar-refractivity contribution >= 4 is 28.8 Å². The van der Waals surface area contributed by atoms with Crippen LogP contribution in [0.15, 0.2) is 40.9 Å². The summed E-state index contributed by atoms with van der Waals surface area (Å²) in [5.41, 5.74) is 6.64. The van der Waals surface area contributed by atoms with Crippen molar-refractivity contribution in [3.63, 3.8) is 0 Å². The Morgan fingerprint density at radius 2 is 2.14 bits per heavy atom. The summed E-state index contributed by atoms with van der Waals surface area (Å²) < 4.78 is 0. The normalized spacial score (nSPS) is 11.4. The molecule has 1 amide bonds. The Labute approximate surface area is 126 Å². The van der Waals surface area contributed by atoms with E-state index in [9.17, 15) is 4.79 Å². The highest BCUT2D eigenvalue weighted by Crippen LogP contribution is 2.18. The highest BCUT2D eigenvalue weighted by atomic mass is 32.1. The van der Waals surface area contributed by atoms with Crippen LogP contribution in [-0.4, -0.2) is 28.5 Å². The van der Waals surface area contributed by atoms with Crippen molar-refractivity contribution in [2.45, 2.75) is 13.3 Å². The van der Waals surface area contributed by atoms with Gasteiger partial charge in [0, 0.05) is 24.0 Å². The maximum absolute atomic E-state index is 12.6. The predicted molar refractivity (Wildman–Crippen MR) is 83.0 cm³/mol. The van der Waals surface area contributed by atoms with E-state index >= 15 is 0 Å². The molecule has 7 heteroatoms. The molecule has 0 spiro atoms. The van der Waals surface area contributed by atoms with E-state index in [0.29, 0.717) is 12.2 Å².